The van der Waals surface area contributed by atoms with Crippen LogP contribution in [0.15, 0.2) is 60.2 Å². The summed E-state index contributed by atoms with van der Waals surface area (Å²) in [4.78, 5) is 4.02. The molecule has 1 rings (SSSR count). The van der Waals surface area contributed by atoms with Gasteiger partial charge in [-0.2, -0.15) is 0 Å². The first kappa shape index (κ1) is 12.0. The average molecular weight is 217 g/mol. The molecular weight excluding hydrogens is 202 g/mol. The van der Waals surface area contributed by atoms with E-state index < -0.39 is 0 Å². The maximum absolute atomic E-state index is 9.61. The Morgan fingerprint density at radius 3 is 2.75 bits per heavy atom. The predicted molar refractivity (Wildman–Crippen MR) is 64.1 cm³/mol. The van der Waals surface area contributed by atoms with Crippen LogP contribution in [0.2, 0.25) is 0 Å². The first-order valence-corrected chi connectivity index (χ1v) is 5.05. The van der Waals surface area contributed by atoms with Gasteiger partial charge in [0.1, 0.15) is 0 Å². The minimum absolute atomic E-state index is 0.0868. The topological polar surface area (TPSA) is 42.4 Å². The van der Waals surface area contributed by atoms with Crippen molar-refractivity contribution in [1.29, 1.82) is 0 Å². The van der Waals surface area contributed by atoms with E-state index in [1.54, 1.807) is 43.5 Å². The molecule has 3 heteroatoms. The standard InChI is InChI=1S/C13H15NO2/c1-3-5-8-12(11(15)4-2)16-13-9-6-7-10-14-13/h3-10,15H,1-2H3/b5-3-,11-4+,12-8+. The molecule has 0 saturated carbocycles. The molecular formula is C13H15NO2. The van der Waals surface area contributed by atoms with Crippen molar-refractivity contribution in [3.05, 3.63) is 60.2 Å². The van der Waals surface area contributed by atoms with E-state index in [0.717, 1.165) is 0 Å². The summed E-state index contributed by atoms with van der Waals surface area (Å²) in [7, 11) is 0. The molecule has 0 aliphatic rings. The number of ether oxygens (including phenoxy) is 1. The number of aromatic nitrogens is 1. The summed E-state index contributed by atoms with van der Waals surface area (Å²) in [5, 5.41) is 9.61. The van der Waals surface area contributed by atoms with Crippen LogP contribution in [0.4, 0.5) is 0 Å². The molecule has 0 aliphatic heterocycles. The predicted octanol–water partition coefficient (Wildman–Crippen LogP) is 3.38. The first-order valence-electron chi connectivity index (χ1n) is 5.05. The summed E-state index contributed by atoms with van der Waals surface area (Å²) in [5.41, 5.74) is 0. The molecule has 0 spiro atoms. The number of rotatable bonds is 4. The Morgan fingerprint density at radius 1 is 1.38 bits per heavy atom. The van der Waals surface area contributed by atoms with Crippen molar-refractivity contribution in [2.75, 3.05) is 0 Å². The molecule has 1 aromatic heterocycles. The minimum atomic E-state index is 0.0868. The average Bonchev–Trinajstić information content (AvgIpc) is 2.34. The normalized spacial score (nSPS) is 13.1. The Bertz CT molecular complexity index is 405. The van der Waals surface area contributed by atoms with Gasteiger partial charge < -0.3 is 9.84 Å². The van der Waals surface area contributed by atoms with Crippen LogP contribution in [0.5, 0.6) is 5.88 Å². The van der Waals surface area contributed by atoms with Gasteiger partial charge in [-0.1, -0.05) is 18.2 Å². The summed E-state index contributed by atoms with van der Waals surface area (Å²) >= 11 is 0. The minimum Gasteiger partial charge on any atom is -0.504 e. The van der Waals surface area contributed by atoms with Crippen molar-refractivity contribution < 1.29 is 9.84 Å². The van der Waals surface area contributed by atoms with Crippen molar-refractivity contribution in [2.24, 2.45) is 0 Å². The van der Waals surface area contributed by atoms with E-state index in [4.69, 9.17) is 4.74 Å². The fourth-order valence-corrected chi connectivity index (χ4v) is 1.02. The smallest absolute Gasteiger partial charge is 0.219 e. The highest BCUT2D eigenvalue weighted by atomic mass is 16.5. The molecule has 0 unspecified atom stereocenters. The van der Waals surface area contributed by atoms with E-state index in [0.29, 0.717) is 11.6 Å². The number of hydrogen-bond acceptors (Lipinski definition) is 3. The summed E-state index contributed by atoms with van der Waals surface area (Å²) in [6, 6.07) is 5.35. The lowest BCUT2D eigenvalue weighted by Gasteiger charge is -2.07. The van der Waals surface area contributed by atoms with E-state index in [-0.39, 0.29) is 5.76 Å². The van der Waals surface area contributed by atoms with E-state index >= 15 is 0 Å². The third-order valence-corrected chi connectivity index (χ3v) is 1.82. The third kappa shape index (κ3) is 3.61. The van der Waals surface area contributed by atoms with Gasteiger partial charge in [-0.25, -0.2) is 4.98 Å². The Hall–Kier alpha value is -2.03. The number of hydrogen-bond donors (Lipinski definition) is 1. The number of pyridine rings is 1. The summed E-state index contributed by atoms with van der Waals surface area (Å²) in [6.07, 6.45) is 8.53. The van der Waals surface area contributed by atoms with Crippen molar-refractivity contribution in [3.8, 4) is 5.88 Å². The monoisotopic (exact) mass is 217 g/mol. The number of aliphatic hydroxyl groups excluding tert-OH is 1. The molecule has 0 atom stereocenters. The van der Waals surface area contributed by atoms with Crippen LogP contribution in [0, 0.1) is 0 Å². The van der Waals surface area contributed by atoms with Gasteiger partial charge in [0.05, 0.1) is 0 Å². The van der Waals surface area contributed by atoms with Crippen LogP contribution in [0.1, 0.15) is 13.8 Å². The number of aliphatic hydroxyl groups is 1. The first-order chi connectivity index (χ1) is 7.77. The third-order valence-electron chi connectivity index (χ3n) is 1.82. The molecule has 0 bridgehead atoms. The quantitative estimate of drug-likeness (QED) is 0.621. The maximum Gasteiger partial charge on any atom is 0.219 e. The molecule has 16 heavy (non-hydrogen) atoms. The Kier molecular flexibility index (Phi) is 4.86. The molecule has 0 fully saturated rings. The lowest BCUT2D eigenvalue weighted by atomic mass is 10.3. The second-order valence-electron chi connectivity index (χ2n) is 3.00. The Labute approximate surface area is 95.4 Å². The Balaban J connectivity index is 2.88. The SMILES string of the molecule is C\C=C/C=C(Oc1ccccn1)\C(O)=C/C. The summed E-state index contributed by atoms with van der Waals surface area (Å²) < 4.78 is 5.45. The molecule has 84 valence electrons. The van der Waals surface area contributed by atoms with Crippen LogP contribution in [0.3, 0.4) is 0 Å². The largest absolute Gasteiger partial charge is 0.504 e. The van der Waals surface area contributed by atoms with Crippen molar-refractivity contribution >= 4 is 0 Å². The number of allylic oxidation sites excluding steroid dienone is 4. The molecule has 0 saturated heterocycles. The Morgan fingerprint density at radius 2 is 2.19 bits per heavy atom. The molecule has 0 aromatic carbocycles. The zero-order valence-corrected chi connectivity index (χ0v) is 9.42. The van der Waals surface area contributed by atoms with Crippen LogP contribution in [-0.4, -0.2) is 10.1 Å². The summed E-state index contributed by atoms with van der Waals surface area (Å²) in [5.74, 6) is 0.912. The second kappa shape index (κ2) is 6.45. The second-order valence-corrected chi connectivity index (χ2v) is 3.00. The van der Waals surface area contributed by atoms with Gasteiger partial charge in [-0.15, -0.1) is 0 Å². The van der Waals surface area contributed by atoms with Crippen LogP contribution < -0.4 is 4.74 Å². The van der Waals surface area contributed by atoms with E-state index in [9.17, 15) is 5.11 Å². The lowest BCUT2D eigenvalue weighted by molar-refractivity contribution is 0.330. The van der Waals surface area contributed by atoms with Gasteiger partial charge in [-0.05, 0) is 32.1 Å². The molecule has 0 radical (unpaired) electrons. The van der Waals surface area contributed by atoms with Crippen LogP contribution >= 0.6 is 0 Å². The highest BCUT2D eigenvalue weighted by molar-refractivity contribution is 5.27. The van der Waals surface area contributed by atoms with Gasteiger partial charge in [0.2, 0.25) is 5.88 Å². The van der Waals surface area contributed by atoms with Crippen molar-refractivity contribution in [3.63, 3.8) is 0 Å². The molecule has 0 aliphatic carbocycles. The molecule has 1 heterocycles. The van der Waals surface area contributed by atoms with Crippen molar-refractivity contribution in [2.45, 2.75) is 13.8 Å². The molecule has 3 nitrogen and oxygen atoms in total. The van der Waals surface area contributed by atoms with Gasteiger partial charge >= 0.3 is 0 Å². The molecule has 1 aromatic rings. The van der Waals surface area contributed by atoms with Gasteiger partial charge in [0.15, 0.2) is 11.5 Å². The van der Waals surface area contributed by atoms with Crippen LogP contribution in [0.25, 0.3) is 0 Å². The van der Waals surface area contributed by atoms with Crippen molar-refractivity contribution in [1.82, 2.24) is 4.98 Å². The van der Waals surface area contributed by atoms with Crippen LogP contribution in [-0.2, 0) is 0 Å². The van der Waals surface area contributed by atoms with Gasteiger partial charge in [-0.3, -0.25) is 0 Å². The fraction of sp³-hybridized carbons (Fsp3) is 0.154. The zero-order valence-electron chi connectivity index (χ0n) is 9.42. The number of nitrogens with zero attached hydrogens (tertiary/aromatic N) is 1. The summed E-state index contributed by atoms with van der Waals surface area (Å²) in [6.45, 7) is 3.63. The fourth-order valence-electron chi connectivity index (χ4n) is 1.02. The molecule has 1 N–H and O–H groups in total. The maximum atomic E-state index is 9.61. The highest BCUT2D eigenvalue weighted by Gasteiger charge is 2.04. The van der Waals surface area contributed by atoms with Gasteiger partial charge in [0, 0.05) is 12.3 Å². The lowest BCUT2D eigenvalue weighted by Crippen LogP contribution is -1.99. The van der Waals surface area contributed by atoms with Gasteiger partial charge in [0.25, 0.3) is 0 Å². The molecule has 0 amide bonds. The zero-order chi connectivity index (χ0) is 11.8. The van der Waals surface area contributed by atoms with E-state index in [2.05, 4.69) is 4.98 Å². The van der Waals surface area contributed by atoms with E-state index in [1.165, 1.54) is 0 Å². The van der Waals surface area contributed by atoms with E-state index in [1.807, 2.05) is 19.1 Å². The highest BCUT2D eigenvalue weighted by Crippen LogP contribution is 2.14.